The molecule has 1 unspecified atom stereocenters. The number of hydrogen-bond acceptors (Lipinski definition) is 3. The molecule has 0 N–H and O–H groups in total. The third-order valence-corrected chi connectivity index (χ3v) is 5.37. The Morgan fingerprint density at radius 3 is 2.41 bits per heavy atom. The zero-order valence-corrected chi connectivity index (χ0v) is 16.6. The number of anilines is 2. The highest BCUT2D eigenvalue weighted by Gasteiger charge is 2.30. The van der Waals surface area contributed by atoms with Crippen LogP contribution in [0, 0.1) is 0 Å². The van der Waals surface area contributed by atoms with E-state index in [-0.39, 0.29) is 24.4 Å². The van der Waals surface area contributed by atoms with Gasteiger partial charge in [0.1, 0.15) is 11.9 Å². The van der Waals surface area contributed by atoms with Crippen LogP contribution in [0.2, 0.25) is 0 Å². The maximum Gasteiger partial charge on any atom is 0.228 e. The van der Waals surface area contributed by atoms with Crippen molar-refractivity contribution >= 4 is 29.7 Å². The molecular formula is C22H27ClN2O2. The number of benzene rings is 2. The number of likely N-dealkylation sites (tertiary alicyclic amines) is 1. The molecular weight excluding hydrogens is 360 g/mol. The van der Waals surface area contributed by atoms with Gasteiger partial charge in [0.15, 0.2) is 0 Å². The van der Waals surface area contributed by atoms with Crippen LogP contribution >= 0.6 is 12.4 Å². The Hall–Kier alpha value is -2.04. The van der Waals surface area contributed by atoms with Gasteiger partial charge in [-0.25, -0.2) is 0 Å². The van der Waals surface area contributed by atoms with Gasteiger partial charge in [0.2, 0.25) is 5.91 Å². The Morgan fingerprint density at radius 1 is 1.00 bits per heavy atom. The Balaban J connectivity index is 0.00000210. The highest BCUT2D eigenvalue weighted by atomic mass is 35.5. The summed E-state index contributed by atoms with van der Waals surface area (Å²) in [4.78, 5) is 16.8. The third kappa shape index (κ3) is 4.12. The van der Waals surface area contributed by atoms with Gasteiger partial charge in [-0.05, 0) is 44.1 Å². The molecule has 0 aliphatic carbocycles. The first-order valence-electron chi connectivity index (χ1n) is 9.62. The molecule has 5 heteroatoms. The van der Waals surface area contributed by atoms with Crippen molar-refractivity contribution in [2.75, 3.05) is 24.5 Å². The van der Waals surface area contributed by atoms with Crippen molar-refractivity contribution in [1.82, 2.24) is 4.90 Å². The summed E-state index contributed by atoms with van der Waals surface area (Å²) in [6.45, 7) is 5.01. The summed E-state index contributed by atoms with van der Waals surface area (Å²) in [5, 5.41) is 0. The van der Waals surface area contributed by atoms with Gasteiger partial charge in [-0.1, -0.05) is 36.8 Å². The van der Waals surface area contributed by atoms with Gasteiger partial charge in [0, 0.05) is 25.5 Å². The van der Waals surface area contributed by atoms with Gasteiger partial charge in [0.05, 0.1) is 11.4 Å². The highest BCUT2D eigenvalue weighted by Crippen LogP contribution is 2.44. The molecule has 0 bridgehead atoms. The van der Waals surface area contributed by atoms with Gasteiger partial charge in [-0.2, -0.15) is 0 Å². The second-order valence-electron chi connectivity index (χ2n) is 7.18. The van der Waals surface area contributed by atoms with E-state index in [4.69, 9.17) is 4.74 Å². The number of para-hydroxylation sites is 3. The molecule has 2 aromatic rings. The standard InChI is InChI=1S/C22H26N2O2.ClH/c1-17(25)24-19-10-4-3-9-18(19)21(13-16-23-14-7-2-8-15-23)26-22-12-6-5-11-20(22)24;/h3-6,9-12,21H,2,7-8,13-16H2,1H3;1H. The van der Waals surface area contributed by atoms with Crippen LogP contribution in [0.3, 0.4) is 0 Å². The molecule has 2 aliphatic rings. The summed E-state index contributed by atoms with van der Waals surface area (Å²) >= 11 is 0. The molecule has 27 heavy (non-hydrogen) atoms. The van der Waals surface area contributed by atoms with Gasteiger partial charge in [-0.15, -0.1) is 12.4 Å². The lowest BCUT2D eigenvalue weighted by molar-refractivity contribution is -0.115. The molecule has 4 rings (SSSR count). The third-order valence-electron chi connectivity index (χ3n) is 5.37. The normalized spacial score (nSPS) is 19.1. The molecule has 0 saturated carbocycles. The number of hydrogen-bond donors (Lipinski definition) is 0. The van der Waals surface area contributed by atoms with Crippen molar-refractivity contribution in [1.29, 1.82) is 0 Å². The van der Waals surface area contributed by atoms with E-state index in [0.717, 1.165) is 35.7 Å². The van der Waals surface area contributed by atoms with E-state index in [1.807, 2.05) is 42.5 Å². The predicted octanol–water partition coefficient (Wildman–Crippen LogP) is 5.10. The van der Waals surface area contributed by atoms with E-state index >= 15 is 0 Å². The number of ether oxygens (including phenoxy) is 1. The number of amides is 1. The second kappa shape index (κ2) is 8.77. The minimum Gasteiger partial charge on any atom is -0.483 e. The Labute approximate surface area is 167 Å². The van der Waals surface area contributed by atoms with Gasteiger partial charge < -0.3 is 9.64 Å². The molecule has 144 valence electrons. The van der Waals surface area contributed by atoms with Gasteiger partial charge in [-0.3, -0.25) is 9.69 Å². The van der Waals surface area contributed by atoms with Crippen molar-refractivity contribution < 1.29 is 9.53 Å². The van der Waals surface area contributed by atoms with E-state index in [9.17, 15) is 4.79 Å². The summed E-state index contributed by atoms with van der Waals surface area (Å²) in [7, 11) is 0. The summed E-state index contributed by atoms with van der Waals surface area (Å²) in [5.74, 6) is 0.785. The van der Waals surface area contributed by atoms with Crippen LogP contribution in [-0.2, 0) is 4.79 Å². The van der Waals surface area contributed by atoms with Crippen LogP contribution in [0.15, 0.2) is 48.5 Å². The van der Waals surface area contributed by atoms with Crippen LogP contribution in [-0.4, -0.2) is 30.4 Å². The molecule has 2 aromatic carbocycles. The lowest BCUT2D eigenvalue weighted by Gasteiger charge is -2.28. The Bertz CT molecular complexity index is 789. The van der Waals surface area contributed by atoms with E-state index in [2.05, 4.69) is 11.0 Å². The first-order chi connectivity index (χ1) is 12.7. The van der Waals surface area contributed by atoms with Crippen LogP contribution in [0.5, 0.6) is 5.75 Å². The van der Waals surface area contributed by atoms with Crippen LogP contribution < -0.4 is 9.64 Å². The maximum absolute atomic E-state index is 12.5. The van der Waals surface area contributed by atoms with Crippen molar-refractivity contribution in [2.24, 2.45) is 0 Å². The molecule has 0 spiro atoms. The van der Waals surface area contributed by atoms with E-state index < -0.39 is 0 Å². The first kappa shape index (κ1) is 19.7. The fourth-order valence-electron chi connectivity index (χ4n) is 4.09. The lowest BCUT2D eigenvalue weighted by Crippen LogP contribution is -2.32. The number of carbonyl (C=O) groups excluding carboxylic acids is 1. The number of halogens is 1. The highest BCUT2D eigenvalue weighted by molar-refractivity contribution is 6.01. The summed E-state index contributed by atoms with van der Waals surface area (Å²) in [6, 6.07) is 16.0. The molecule has 1 saturated heterocycles. The zero-order chi connectivity index (χ0) is 17.9. The Kier molecular flexibility index (Phi) is 6.40. The number of rotatable bonds is 3. The van der Waals surface area contributed by atoms with Crippen molar-refractivity contribution in [2.45, 2.75) is 38.7 Å². The fourth-order valence-corrected chi connectivity index (χ4v) is 4.09. The van der Waals surface area contributed by atoms with E-state index in [0.29, 0.717) is 0 Å². The molecule has 0 radical (unpaired) electrons. The van der Waals surface area contributed by atoms with Crippen molar-refractivity contribution in [3.63, 3.8) is 0 Å². The average Bonchev–Trinajstić information content (AvgIpc) is 2.81. The number of piperidine rings is 1. The predicted molar refractivity (Wildman–Crippen MR) is 111 cm³/mol. The summed E-state index contributed by atoms with van der Waals surface area (Å²) < 4.78 is 6.43. The number of carbonyl (C=O) groups is 1. The second-order valence-corrected chi connectivity index (χ2v) is 7.18. The maximum atomic E-state index is 12.5. The molecule has 1 fully saturated rings. The average molecular weight is 387 g/mol. The quantitative estimate of drug-likeness (QED) is 0.735. The number of fused-ring (bicyclic) bond motifs is 2. The van der Waals surface area contributed by atoms with Crippen molar-refractivity contribution in [3.8, 4) is 5.75 Å². The SMILES string of the molecule is CC(=O)N1c2ccccc2OC(CCN2CCCCC2)c2ccccc21.Cl. The fraction of sp³-hybridized carbons (Fsp3) is 0.409. The first-order valence-corrected chi connectivity index (χ1v) is 9.62. The van der Waals surface area contributed by atoms with E-state index in [1.54, 1.807) is 11.8 Å². The van der Waals surface area contributed by atoms with Crippen LogP contribution in [0.25, 0.3) is 0 Å². The van der Waals surface area contributed by atoms with Gasteiger partial charge in [0.25, 0.3) is 0 Å². The largest absolute Gasteiger partial charge is 0.483 e. The zero-order valence-electron chi connectivity index (χ0n) is 15.8. The molecule has 2 heterocycles. The minimum atomic E-state index is -0.0429. The molecule has 2 aliphatic heterocycles. The molecule has 0 aromatic heterocycles. The van der Waals surface area contributed by atoms with Gasteiger partial charge >= 0.3 is 0 Å². The van der Waals surface area contributed by atoms with Crippen molar-refractivity contribution in [3.05, 3.63) is 54.1 Å². The smallest absolute Gasteiger partial charge is 0.228 e. The molecule has 1 atom stereocenters. The molecule has 1 amide bonds. The van der Waals surface area contributed by atoms with Crippen LogP contribution in [0.1, 0.15) is 44.3 Å². The monoisotopic (exact) mass is 386 g/mol. The van der Waals surface area contributed by atoms with E-state index in [1.165, 1.54) is 32.4 Å². The number of nitrogens with zero attached hydrogens (tertiary/aromatic N) is 2. The lowest BCUT2D eigenvalue weighted by atomic mass is 10.0. The van der Waals surface area contributed by atoms with Crippen LogP contribution in [0.4, 0.5) is 11.4 Å². The molecule has 4 nitrogen and oxygen atoms in total. The Morgan fingerprint density at radius 2 is 1.67 bits per heavy atom. The summed E-state index contributed by atoms with van der Waals surface area (Å²) in [6.07, 6.45) is 4.82. The summed E-state index contributed by atoms with van der Waals surface area (Å²) in [5.41, 5.74) is 2.86. The topological polar surface area (TPSA) is 32.8 Å². The minimum absolute atomic E-state index is 0.